The third-order valence-electron chi connectivity index (χ3n) is 1.81. The third-order valence-corrected chi connectivity index (χ3v) is 3.84. The monoisotopic (exact) mass is 225 g/mol. The second-order valence-corrected chi connectivity index (χ2v) is 5.30. The molecule has 14 heavy (non-hydrogen) atoms. The van der Waals surface area contributed by atoms with Gasteiger partial charge in [-0.1, -0.05) is 11.3 Å². The van der Waals surface area contributed by atoms with E-state index in [1.54, 1.807) is 22.7 Å². The summed E-state index contributed by atoms with van der Waals surface area (Å²) in [6.07, 6.45) is 0. The van der Waals surface area contributed by atoms with Crippen molar-refractivity contribution in [3.8, 4) is 10.6 Å². The van der Waals surface area contributed by atoms with Crippen LogP contribution in [0.5, 0.6) is 0 Å². The number of nitrogens with two attached hydrogens (primary N) is 1. The zero-order chi connectivity index (χ0) is 10.1. The molecule has 2 heterocycles. The molecule has 2 aromatic heterocycles. The highest BCUT2D eigenvalue weighted by Crippen LogP contribution is 2.29. The maximum atomic E-state index is 5.72. The molecule has 0 saturated heterocycles. The fraction of sp³-hybridized carbons (Fsp3) is 0.333. The Bertz CT molecular complexity index is 431. The van der Waals surface area contributed by atoms with Crippen LogP contribution in [-0.2, 0) is 0 Å². The lowest BCUT2D eigenvalue weighted by molar-refractivity contribution is 0.786. The number of rotatable bonds is 2. The van der Waals surface area contributed by atoms with Crippen molar-refractivity contribution in [2.24, 2.45) is 5.73 Å². The SMILES string of the molecule is Cc1cc(-c2nnc(C(C)N)s2)cs1. The Morgan fingerprint density at radius 2 is 2.21 bits per heavy atom. The molecule has 0 aliphatic carbocycles. The molecule has 0 spiro atoms. The van der Waals surface area contributed by atoms with Crippen LogP contribution >= 0.6 is 22.7 Å². The number of hydrogen-bond acceptors (Lipinski definition) is 5. The molecule has 1 unspecified atom stereocenters. The van der Waals surface area contributed by atoms with Crippen molar-refractivity contribution in [3.05, 3.63) is 21.3 Å². The van der Waals surface area contributed by atoms with Gasteiger partial charge >= 0.3 is 0 Å². The smallest absolute Gasteiger partial charge is 0.148 e. The molecule has 0 radical (unpaired) electrons. The standard InChI is InChI=1S/C9H11N3S2/c1-5-3-7(4-13-5)9-12-11-8(14-9)6(2)10/h3-4,6H,10H2,1-2H3. The van der Waals surface area contributed by atoms with Gasteiger partial charge in [0.05, 0.1) is 6.04 Å². The van der Waals surface area contributed by atoms with E-state index in [4.69, 9.17) is 5.73 Å². The molecule has 3 nitrogen and oxygen atoms in total. The van der Waals surface area contributed by atoms with Gasteiger partial charge in [-0.2, -0.15) is 0 Å². The van der Waals surface area contributed by atoms with Gasteiger partial charge in [-0.3, -0.25) is 0 Å². The quantitative estimate of drug-likeness (QED) is 0.854. The molecule has 0 bridgehead atoms. The molecule has 0 fully saturated rings. The Morgan fingerprint density at radius 1 is 1.43 bits per heavy atom. The number of aromatic nitrogens is 2. The summed E-state index contributed by atoms with van der Waals surface area (Å²) in [5, 5.41) is 12.1. The molecular weight excluding hydrogens is 214 g/mol. The van der Waals surface area contributed by atoms with Gasteiger partial charge in [0.25, 0.3) is 0 Å². The highest BCUT2D eigenvalue weighted by Gasteiger charge is 2.10. The van der Waals surface area contributed by atoms with Gasteiger partial charge in [0.1, 0.15) is 10.0 Å². The van der Waals surface area contributed by atoms with E-state index in [0.717, 1.165) is 15.6 Å². The third kappa shape index (κ3) is 1.84. The molecule has 0 aliphatic heterocycles. The molecule has 2 rings (SSSR count). The van der Waals surface area contributed by atoms with Gasteiger partial charge in [-0.25, -0.2) is 0 Å². The molecule has 1 atom stereocenters. The van der Waals surface area contributed by atoms with Gasteiger partial charge in [-0.05, 0) is 19.9 Å². The molecular formula is C9H11N3S2. The van der Waals surface area contributed by atoms with Gasteiger partial charge in [-0.15, -0.1) is 21.5 Å². The molecule has 0 aliphatic rings. The van der Waals surface area contributed by atoms with Gasteiger partial charge < -0.3 is 5.73 Å². The van der Waals surface area contributed by atoms with Gasteiger partial charge in [0.15, 0.2) is 0 Å². The summed E-state index contributed by atoms with van der Waals surface area (Å²) in [6, 6.07) is 2.09. The zero-order valence-electron chi connectivity index (χ0n) is 8.02. The van der Waals surface area contributed by atoms with Crippen molar-refractivity contribution in [2.45, 2.75) is 19.9 Å². The van der Waals surface area contributed by atoms with Crippen LogP contribution in [0.2, 0.25) is 0 Å². The fourth-order valence-electron chi connectivity index (χ4n) is 1.09. The molecule has 0 amide bonds. The lowest BCUT2D eigenvalue weighted by Crippen LogP contribution is -2.03. The van der Waals surface area contributed by atoms with E-state index in [-0.39, 0.29) is 6.04 Å². The van der Waals surface area contributed by atoms with E-state index in [9.17, 15) is 0 Å². The zero-order valence-corrected chi connectivity index (χ0v) is 9.65. The Labute approximate surface area is 90.6 Å². The first-order valence-electron chi connectivity index (χ1n) is 4.31. The summed E-state index contributed by atoms with van der Waals surface area (Å²) in [4.78, 5) is 1.29. The highest BCUT2D eigenvalue weighted by molar-refractivity contribution is 7.15. The van der Waals surface area contributed by atoms with Crippen LogP contribution in [0, 0.1) is 6.92 Å². The maximum Gasteiger partial charge on any atom is 0.148 e. The van der Waals surface area contributed by atoms with Crippen LogP contribution in [0.1, 0.15) is 22.9 Å². The van der Waals surface area contributed by atoms with E-state index in [0.29, 0.717) is 0 Å². The van der Waals surface area contributed by atoms with Crippen molar-refractivity contribution in [1.29, 1.82) is 0 Å². The second kappa shape index (κ2) is 3.76. The van der Waals surface area contributed by atoms with Crippen LogP contribution < -0.4 is 5.73 Å². The average molecular weight is 225 g/mol. The van der Waals surface area contributed by atoms with Crippen molar-refractivity contribution in [1.82, 2.24) is 10.2 Å². The summed E-state index contributed by atoms with van der Waals surface area (Å²) < 4.78 is 0. The molecule has 2 aromatic rings. The van der Waals surface area contributed by atoms with Crippen LogP contribution in [0.3, 0.4) is 0 Å². The van der Waals surface area contributed by atoms with E-state index in [1.807, 2.05) is 6.92 Å². The maximum absolute atomic E-state index is 5.72. The molecule has 5 heteroatoms. The summed E-state index contributed by atoms with van der Waals surface area (Å²) in [5.74, 6) is 0. The van der Waals surface area contributed by atoms with Crippen LogP contribution in [0.15, 0.2) is 11.4 Å². The number of thiophene rings is 1. The van der Waals surface area contributed by atoms with Crippen LogP contribution in [-0.4, -0.2) is 10.2 Å². The summed E-state index contributed by atoms with van der Waals surface area (Å²) >= 11 is 3.29. The lowest BCUT2D eigenvalue weighted by Gasteiger charge is -1.94. The second-order valence-electron chi connectivity index (χ2n) is 3.18. The Hall–Kier alpha value is -0.780. The summed E-state index contributed by atoms with van der Waals surface area (Å²) in [7, 11) is 0. The Kier molecular flexibility index (Phi) is 2.62. The van der Waals surface area contributed by atoms with Gasteiger partial charge in [0.2, 0.25) is 0 Å². The fourth-order valence-corrected chi connectivity index (χ4v) is 2.64. The van der Waals surface area contributed by atoms with Crippen molar-refractivity contribution in [2.75, 3.05) is 0 Å². The minimum atomic E-state index is -0.0269. The number of nitrogens with zero attached hydrogens (tertiary/aromatic N) is 2. The first kappa shape index (κ1) is 9.76. The van der Waals surface area contributed by atoms with Crippen molar-refractivity contribution < 1.29 is 0 Å². The highest BCUT2D eigenvalue weighted by atomic mass is 32.1. The predicted molar refractivity (Wildman–Crippen MR) is 60.6 cm³/mol. The normalized spacial score (nSPS) is 13.1. The number of hydrogen-bond donors (Lipinski definition) is 1. The first-order chi connectivity index (χ1) is 6.66. The minimum absolute atomic E-state index is 0.0269. The van der Waals surface area contributed by atoms with Crippen LogP contribution in [0.25, 0.3) is 10.6 Å². The van der Waals surface area contributed by atoms with E-state index < -0.39 is 0 Å². The first-order valence-corrected chi connectivity index (χ1v) is 6.01. The van der Waals surface area contributed by atoms with E-state index >= 15 is 0 Å². The average Bonchev–Trinajstić information content (AvgIpc) is 2.70. The minimum Gasteiger partial charge on any atom is -0.322 e. The Morgan fingerprint density at radius 3 is 2.71 bits per heavy atom. The summed E-state index contributed by atoms with van der Waals surface area (Å²) in [5.41, 5.74) is 6.87. The Balaban J connectivity index is 2.33. The number of aryl methyl sites for hydroxylation is 1. The van der Waals surface area contributed by atoms with E-state index in [1.165, 1.54) is 4.88 Å². The molecule has 0 saturated carbocycles. The molecule has 74 valence electrons. The van der Waals surface area contributed by atoms with Crippen LogP contribution in [0.4, 0.5) is 0 Å². The largest absolute Gasteiger partial charge is 0.322 e. The van der Waals surface area contributed by atoms with Gasteiger partial charge in [0, 0.05) is 15.8 Å². The molecule has 0 aromatic carbocycles. The summed E-state index contributed by atoms with van der Waals surface area (Å²) in [6.45, 7) is 4.00. The molecule has 2 N–H and O–H groups in total. The van der Waals surface area contributed by atoms with E-state index in [2.05, 4.69) is 28.6 Å². The topological polar surface area (TPSA) is 51.8 Å². The predicted octanol–water partition coefficient (Wildman–Crippen LogP) is 2.59. The van der Waals surface area contributed by atoms with Crippen molar-refractivity contribution in [3.63, 3.8) is 0 Å². The lowest BCUT2D eigenvalue weighted by atomic mass is 10.3. The van der Waals surface area contributed by atoms with Crippen molar-refractivity contribution >= 4 is 22.7 Å².